The number of amides is 1. The van der Waals surface area contributed by atoms with Gasteiger partial charge in [-0.15, -0.1) is 0 Å². The predicted molar refractivity (Wildman–Crippen MR) is 66.4 cm³/mol. The second kappa shape index (κ2) is 6.86. The number of nitrogens with zero attached hydrogens (tertiary/aromatic N) is 2. The van der Waals surface area contributed by atoms with Crippen LogP contribution in [0.3, 0.4) is 0 Å². The topological polar surface area (TPSA) is 35.6 Å². The molecule has 0 aromatic rings. The Labute approximate surface area is 99.0 Å². The van der Waals surface area contributed by atoms with Crippen molar-refractivity contribution in [1.29, 1.82) is 0 Å². The van der Waals surface area contributed by atoms with Crippen molar-refractivity contribution >= 4 is 5.91 Å². The molecule has 1 rings (SSSR count). The summed E-state index contributed by atoms with van der Waals surface area (Å²) < 4.78 is 0. The molecule has 0 aromatic carbocycles. The van der Waals surface area contributed by atoms with Crippen molar-refractivity contribution in [2.75, 3.05) is 39.8 Å². The van der Waals surface area contributed by atoms with E-state index in [1.54, 1.807) is 0 Å². The van der Waals surface area contributed by atoms with Gasteiger partial charge in [0.15, 0.2) is 0 Å². The van der Waals surface area contributed by atoms with Crippen molar-refractivity contribution in [3.05, 3.63) is 0 Å². The predicted octanol–water partition coefficient (Wildman–Crippen LogP) is 0.539. The molecule has 0 aliphatic carbocycles. The minimum Gasteiger partial charge on any atom is -0.343 e. The maximum Gasteiger partial charge on any atom is 0.222 e. The molecule has 0 radical (unpaired) electrons. The maximum absolute atomic E-state index is 11.7. The van der Waals surface area contributed by atoms with Gasteiger partial charge in [-0.3, -0.25) is 4.79 Å². The molecule has 0 aromatic heterocycles. The van der Waals surface area contributed by atoms with Gasteiger partial charge in [-0.05, 0) is 33.9 Å². The van der Waals surface area contributed by atoms with Crippen LogP contribution in [0.1, 0.15) is 26.7 Å². The van der Waals surface area contributed by atoms with Crippen LogP contribution in [0, 0.1) is 0 Å². The first kappa shape index (κ1) is 13.5. The van der Waals surface area contributed by atoms with E-state index in [0.29, 0.717) is 18.4 Å². The van der Waals surface area contributed by atoms with E-state index in [1.807, 2.05) is 18.7 Å². The van der Waals surface area contributed by atoms with Gasteiger partial charge < -0.3 is 15.1 Å². The fraction of sp³-hybridized carbons (Fsp3) is 0.917. The van der Waals surface area contributed by atoms with Crippen LogP contribution in [0.2, 0.25) is 0 Å². The first-order chi connectivity index (χ1) is 7.69. The van der Waals surface area contributed by atoms with Crippen molar-refractivity contribution in [3.63, 3.8) is 0 Å². The second-order valence-corrected chi connectivity index (χ2v) is 4.46. The van der Waals surface area contributed by atoms with Crippen molar-refractivity contribution in [3.8, 4) is 0 Å². The van der Waals surface area contributed by atoms with E-state index in [1.165, 1.54) is 0 Å². The summed E-state index contributed by atoms with van der Waals surface area (Å²) >= 11 is 0. The van der Waals surface area contributed by atoms with Gasteiger partial charge in [-0.1, -0.05) is 0 Å². The SMILES string of the molecule is CCN(CC)C(=O)CCCN(C)C1CNC1. The van der Waals surface area contributed by atoms with Crippen molar-refractivity contribution in [1.82, 2.24) is 15.1 Å². The quantitative estimate of drug-likeness (QED) is 0.689. The molecule has 1 saturated heterocycles. The molecule has 1 N–H and O–H groups in total. The monoisotopic (exact) mass is 227 g/mol. The number of nitrogens with one attached hydrogen (secondary N) is 1. The van der Waals surface area contributed by atoms with Crippen LogP contribution in [-0.2, 0) is 4.79 Å². The zero-order valence-electron chi connectivity index (χ0n) is 10.8. The third-order valence-corrected chi connectivity index (χ3v) is 3.40. The molecule has 4 nitrogen and oxygen atoms in total. The van der Waals surface area contributed by atoms with Crippen molar-refractivity contribution in [2.45, 2.75) is 32.7 Å². The van der Waals surface area contributed by atoms with Gasteiger partial charge in [0, 0.05) is 38.6 Å². The van der Waals surface area contributed by atoms with E-state index in [-0.39, 0.29) is 0 Å². The normalized spacial score (nSPS) is 16.2. The van der Waals surface area contributed by atoms with Gasteiger partial charge in [-0.2, -0.15) is 0 Å². The van der Waals surface area contributed by atoms with Crippen LogP contribution in [0.25, 0.3) is 0 Å². The summed E-state index contributed by atoms with van der Waals surface area (Å²) in [6, 6.07) is 0.684. The van der Waals surface area contributed by atoms with Crippen LogP contribution >= 0.6 is 0 Å². The number of rotatable bonds is 7. The molecule has 1 aliphatic rings. The Balaban J connectivity index is 2.11. The lowest BCUT2D eigenvalue weighted by Gasteiger charge is -2.35. The fourth-order valence-electron chi connectivity index (χ4n) is 1.98. The Bertz CT molecular complexity index is 212. The van der Waals surface area contributed by atoms with E-state index in [2.05, 4.69) is 17.3 Å². The highest BCUT2D eigenvalue weighted by Gasteiger charge is 2.21. The molecule has 0 atom stereocenters. The summed E-state index contributed by atoms with van der Waals surface area (Å²) in [5.74, 6) is 0.296. The third kappa shape index (κ3) is 3.76. The lowest BCUT2D eigenvalue weighted by molar-refractivity contribution is -0.131. The van der Waals surface area contributed by atoms with E-state index < -0.39 is 0 Å². The summed E-state index contributed by atoms with van der Waals surface area (Å²) in [7, 11) is 2.15. The lowest BCUT2D eigenvalue weighted by atomic mass is 10.1. The molecule has 0 unspecified atom stereocenters. The highest BCUT2D eigenvalue weighted by molar-refractivity contribution is 5.76. The number of hydrogen-bond acceptors (Lipinski definition) is 3. The molecule has 0 saturated carbocycles. The van der Waals surface area contributed by atoms with Gasteiger partial charge in [0.2, 0.25) is 5.91 Å². The van der Waals surface area contributed by atoms with Crippen LogP contribution in [0.5, 0.6) is 0 Å². The third-order valence-electron chi connectivity index (χ3n) is 3.40. The van der Waals surface area contributed by atoms with Crippen LogP contribution < -0.4 is 5.32 Å². The van der Waals surface area contributed by atoms with Gasteiger partial charge >= 0.3 is 0 Å². The van der Waals surface area contributed by atoms with E-state index in [9.17, 15) is 4.79 Å². The molecule has 0 bridgehead atoms. The number of carbonyl (C=O) groups excluding carboxylic acids is 1. The minimum absolute atomic E-state index is 0.296. The molecule has 94 valence electrons. The zero-order valence-corrected chi connectivity index (χ0v) is 10.8. The van der Waals surface area contributed by atoms with Crippen LogP contribution in [0.15, 0.2) is 0 Å². The highest BCUT2D eigenvalue weighted by Crippen LogP contribution is 2.05. The van der Waals surface area contributed by atoms with Crippen molar-refractivity contribution in [2.24, 2.45) is 0 Å². The summed E-state index contributed by atoms with van der Waals surface area (Å²) in [5.41, 5.74) is 0. The average Bonchev–Trinajstić information content (AvgIpc) is 2.16. The Kier molecular flexibility index (Phi) is 5.77. The van der Waals surface area contributed by atoms with Gasteiger partial charge in [0.25, 0.3) is 0 Å². The highest BCUT2D eigenvalue weighted by atomic mass is 16.2. The number of hydrogen-bond donors (Lipinski definition) is 1. The molecule has 1 aliphatic heterocycles. The van der Waals surface area contributed by atoms with E-state index >= 15 is 0 Å². The molecule has 4 heteroatoms. The number of carbonyl (C=O) groups is 1. The van der Waals surface area contributed by atoms with E-state index in [4.69, 9.17) is 0 Å². The smallest absolute Gasteiger partial charge is 0.222 e. The maximum atomic E-state index is 11.7. The summed E-state index contributed by atoms with van der Waals surface area (Å²) in [4.78, 5) is 16.0. The standard InChI is InChI=1S/C12H25N3O/c1-4-15(5-2)12(16)7-6-8-14(3)11-9-13-10-11/h11,13H,4-10H2,1-3H3. The zero-order chi connectivity index (χ0) is 12.0. The van der Waals surface area contributed by atoms with Crippen LogP contribution in [0.4, 0.5) is 0 Å². The molecule has 16 heavy (non-hydrogen) atoms. The Morgan fingerprint density at radius 2 is 1.94 bits per heavy atom. The largest absolute Gasteiger partial charge is 0.343 e. The molecular formula is C12H25N3O. The van der Waals surface area contributed by atoms with Gasteiger partial charge in [0.05, 0.1) is 0 Å². The lowest BCUT2D eigenvalue weighted by Crippen LogP contribution is -2.56. The Morgan fingerprint density at radius 3 is 2.38 bits per heavy atom. The van der Waals surface area contributed by atoms with Gasteiger partial charge in [0.1, 0.15) is 0 Å². The number of likely N-dealkylation sites (N-methyl/N-ethyl adjacent to an activating group) is 1. The fourth-order valence-corrected chi connectivity index (χ4v) is 1.98. The van der Waals surface area contributed by atoms with Crippen molar-refractivity contribution < 1.29 is 4.79 Å². The molecule has 1 fully saturated rings. The summed E-state index contributed by atoms with van der Waals surface area (Å²) in [5, 5.41) is 3.26. The molecular weight excluding hydrogens is 202 g/mol. The van der Waals surface area contributed by atoms with E-state index in [0.717, 1.165) is 39.1 Å². The first-order valence-electron chi connectivity index (χ1n) is 6.37. The minimum atomic E-state index is 0.296. The summed E-state index contributed by atoms with van der Waals surface area (Å²) in [6.07, 6.45) is 1.66. The Hall–Kier alpha value is -0.610. The molecule has 1 amide bonds. The average molecular weight is 227 g/mol. The van der Waals surface area contributed by atoms with Gasteiger partial charge in [-0.25, -0.2) is 0 Å². The first-order valence-corrected chi connectivity index (χ1v) is 6.37. The summed E-state index contributed by atoms with van der Waals surface area (Å²) in [6.45, 7) is 8.96. The second-order valence-electron chi connectivity index (χ2n) is 4.46. The molecule has 1 heterocycles. The Morgan fingerprint density at radius 1 is 1.31 bits per heavy atom. The van der Waals surface area contributed by atoms with Crippen LogP contribution in [-0.4, -0.2) is 61.5 Å². The molecule has 0 spiro atoms.